The summed E-state index contributed by atoms with van der Waals surface area (Å²) in [6.07, 6.45) is 1.06. The Hall–Kier alpha value is -2.63. The standard InChI is InChI=1S/C20H22N2O2.C3H9N.H2O4S/c1-5-17(22(2,3)4)21-16-12-8-11-15-18(16)20(24)14-10-7-6-9-13(14)19(15)23;1-4(2)3;1-5(2,3)4/h6-12,17H,5H2,1-4H3;1-3H3;(H2,1,2,3,4). The number of benzene rings is 2. The van der Waals surface area contributed by atoms with Gasteiger partial charge in [-0.05, 0) is 27.2 Å². The molecular weight excluding hydrogens is 446 g/mol. The molecule has 10 heteroatoms. The van der Waals surface area contributed by atoms with Crippen LogP contribution >= 0.6 is 0 Å². The highest BCUT2D eigenvalue weighted by Crippen LogP contribution is 2.32. The lowest BCUT2D eigenvalue weighted by atomic mass is 9.83. The van der Waals surface area contributed by atoms with Gasteiger partial charge in [0.25, 0.3) is 0 Å². The van der Waals surface area contributed by atoms with Gasteiger partial charge in [0.1, 0.15) is 0 Å². The summed E-state index contributed by atoms with van der Waals surface area (Å²) in [5.41, 5.74) is 2.70. The molecule has 2 aromatic carbocycles. The van der Waals surface area contributed by atoms with Crippen LogP contribution in [0.15, 0.2) is 42.5 Å². The molecule has 2 aromatic rings. The van der Waals surface area contributed by atoms with Gasteiger partial charge in [-0.2, -0.15) is 0 Å². The number of ketones is 2. The van der Waals surface area contributed by atoms with E-state index < -0.39 is 10.4 Å². The highest BCUT2D eigenvalue weighted by molar-refractivity contribution is 7.79. The van der Waals surface area contributed by atoms with Crippen molar-refractivity contribution >= 4 is 27.7 Å². The maximum atomic E-state index is 13.0. The van der Waals surface area contributed by atoms with Gasteiger partial charge in [0.15, 0.2) is 17.7 Å². The Morgan fingerprint density at radius 2 is 1.36 bits per heavy atom. The lowest BCUT2D eigenvalue weighted by molar-refractivity contribution is -0.892. The summed E-state index contributed by atoms with van der Waals surface area (Å²) in [6.45, 7) is 2.11. The Kier molecular flexibility index (Phi) is 9.88. The van der Waals surface area contributed by atoms with E-state index in [9.17, 15) is 9.59 Å². The molecule has 1 atom stereocenters. The number of nitrogens with zero attached hydrogens (tertiary/aromatic N) is 2. The maximum Gasteiger partial charge on any atom is 0.215 e. The van der Waals surface area contributed by atoms with Crippen LogP contribution in [-0.4, -0.2) is 86.9 Å². The first kappa shape index (κ1) is 28.4. The van der Waals surface area contributed by atoms with Crippen molar-refractivity contribution in [1.82, 2.24) is 4.90 Å². The van der Waals surface area contributed by atoms with E-state index in [1.165, 1.54) is 0 Å². The SMILES string of the molecule is CCC(Nc1cccc2c1C(=O)c1ccccc1C2=O)[N+](C)(C)C.CN(C)C.O=S(=O)([O-])O. The van der Waals surface area contributed by atoms with Crippen LogP contribution in [0.2, 0.25) is 0 Å². The molecule has 1 unspecified atom stereocenters. The largest absolute Gasteiger partial charge is 0.726 e. The van der Waals surface area contributed by atoms with E-state index >= 15 is 0 Å². The van der Waals surface area contributed by atoms with Crippen LogP contribution in [0.5, 0.6) is 0 Å². The quantitative estimate of drug-likeness (QED) is 0.253. The van der Waals surface area contributed by atoms with E-state index in [2.05, 4.69) is 33.4 Å². The molecule has 0 bridgehead atoms. The second-order valence-electron chi connectivity index (χ2n) is 8.89. The van der Waals surface area contributed by atoms with Gasteiger partial charge in [-0.15, -0.1) is 0 Å². The Bertz CT molecular complexity index is 1080. The molecule has 0 fully saturated rings. The number of hydrogen-bond acceptors (Lipinski definition) is 7. The molecule has 3 rings (SSSR count). The molecule has 1 aliphatic carbocycles. The van der Waals surface area contributed by atoms with Crippen LogP contribution in [0.3, 0.4) is 0 Å². The summed E-state index contributed by atoms with van der Waals surface area (Å²) in [6, 6.07) is 12.5. The zero-order valence-corrected chi connectivity index (χ0v) is 20.9. The normalized spacial score (nSPS) is 13.6. The van der Waals surface area contributed by atoms with Crippen molar-refractivity contribution in [2.24, 2.45) is 0 Å². The molecule has 2 N–H and O–H groups in total. The molecule has 0 aromatic heterocycles. The third kappa shape index (κ3) is 8.67. The number of anilines is 1. The Morgan fingerprint density at radius 3 is 1.79 bits per heavy atom. The minimum Gasteiger partial charge on any atom is -0.726 e. The average molecular weight is 480 g/mol. The monoisotopic (exact) mass is 479 g/mol. The summed E-state index contributed by atoms with van der Waals surface area (Å²) in [4.78, 5) is 27.8. The van der Waals surface area contributed by atoms with Gasteiger partial charge in [-0.1, -0.05) is 43.3 Å². The van der Waals surface area contributed by atoms with E-state index in [1.807, 2.05) is 38.2 Å². The van der Waals surface area contributed by atoms with Gasteiger partial charge in [0.2, 0.25) is 10.4 Å². The predicted octanol–water partition coefficient (Wildman–Crippen LogP) is 2.50. The Labute approximate surface area is 196 Å². The van der Waals surface area contributed by atoms with Crippen LogP contribution in [0.4, 0.5) is 5.69 Å². The zero-order chi connectivity index (χ0) is 25.6. The van der Waals surface area contributed by atoms with Crippen molar-refractivity contribution in [3.05, 3.63) is 64.7 Å². The summed E-state index contributed by atoms with van der Waals surface area (Å²) in [5, 5.41) is 3.48. The van der Waals surface area contributed by atoms with Crippen LogP contribution in [0.1, 0.15) is 45.2 Å². The molecule has 0 spiro atoms. The van der Waals surface area contributed by atoms with E-state index in [4.69, 9.17) is 17.5 Å². The van der Waals surface area contributed by atoms with E-state index in [0.717, 1.165) is 16.6 Å². The molecule has 0 radical (unpaired) electrons. The van der Waals surface area contributed by atoms with E-state index in [-0.39, 0.29) is 17.7 Å². The van der Waals surface area contributed by atoms with Crippen molar-refractivity contribution in [3.8, 4) is 0 Å². The van der Waals surface area contributed by atoms with Crippen LogP contribution < -0.4 is 5.32 Å². The second kappa shape index (κ2) is 11.5. The lowest BCUT2D eigenvalue weighted by Gasteiger charge is -2.35. The van der Waals surface area contributed by atoms with Gasteiger partial charge >= 0.3 is 0 Å². The number of fused-ring (bicyclic) bond motifs is 2. The minimum atomic E-state index is -4.92. The smallest absolute Gasteiger partial charge is 0.215 e. The summed E-state index contributed by atoms with van der Waals surface area (Å²) in [5.74, 6) is -0.165. The molecule has 1 aliphatic rings. The first-order valence-corrected chi connectivity index (χ1v) is 11.6. The Morgan fingerprint density at radius 1 is 0.939 bits per heavy atom. The molecule has 0 amide bonds. The Balaban J connectivity index is 0.000000517. The van der Waals surface area contributed by atoms with Gasteiger partial charge < -0.3 is 19.3 Å². The van der Waals surface area contributed by atoms with Crippen molar-refractivity contribution in [3.63, 3.8) is 0 Å². The van der Waals surface area contributed by atoms with Crippen molar-refractivity contribution < 1.29 is 31.6 Å². The number of hydrogen-bond donors (Lipinski definition) is 2. The highest BCUT2D eigenvalue weighted by atomic mass is 32.3. The fourth-order valence-corrected chi connectivity index (χ4v) is 3.29. The third-order valence-electron chi connectivity index (χ3n) is 4.60. The van der Waals surface area contributed by atoms with Gasteiger partial charge in [-0.3, -0.25) is 14.1 Å². The van der Waals surface area contributed by atoms with Gasteiger partial charge in [0.05, 0.1) is 32.4 Å². The topological polar surface area (TPSA) is 127 Å². The molecule has 182 valence electrons. The maximum absolute atomic E-state index is 13.0. The third-order valence-corrected chi connectivity index (χ3v) is 4.60. The van der Waals surface area contributed by atoms with Crippen LogP contribution in [0.25, 0.3) is 0 Å². The molecule has 0 aliphatic heterocycles. The van der Waals surface area contributed by atoms with Gasteiger partial charge in [-0.25, -0.2) is 8.42 Å². The second-order valence-corrected chi connectivity index (χ2v) is 9.74. The first-order chi connectivity index (χ1) is 15.1. The van der Waals surface area contributed by atoms with Crippen LogP contribution in [-0.2, 0) is 10.4 Å². The molecule has 0 saturated carbocycles. The molecule has 9 nitrogen and oxygen atoms in total. The van der Waals surface area contributed by atoms with Gasteiger partial charge in [0, 0.05) is 23.1 Å². The lowest BCUT2D eigenvalue weighted by Crippen LogP contribution is -2.49. The van der Waals surface area contributed by atoms with Crippen molar-refractivity contribution in [1.29, 1.82) is 0 Å². The van der Waals surface area contributed by atoms with E-state index in [0.29, 0.717) is 22.3 Å². The summed E-state index contributed by atoms with van der Waals surface area (Å²) in [7, 11) is 7.41. The number of carbonyl (C=O) groups excluding carboxylic acids is 2. The predicted molar refractivity (Wildman–Crippen MR) is 127 cm³/mol. The number of quaternary nitrogens is 1. The molecule has 33 heavy (non-hydrogen) atoms. The van der Waals surface area contributed by atoms with Crippen molar-refractivity contribution in [2.45, 2.75) is 19.5 Å². The molecular formula is C23H33N3O6S. The van der Waals surface area contributed by atoms with E-state index in [1.54, 1.807) is 30.3 Å². The molecule has 0 saturated heterocycles. The molecule has 0 heterocycles. The average Bonchev–Trinajstić information content (AvgIpc) is 2.67. The van der Waals surface area contributed by atoms with Crippen molar-refractivity contribution in [2.75, 3.05) is 47.6 Å². The highest BCUT2D eigenvalue weighted by Gasteiger charge is 2.32. The van der Waals surface area contributed by atoms with Crippen LogP contribution in [0, 0.1) is 0 Å². The minimum absolute atomic E-state index is 0.0813. The fraction of sp³-hybridized carbons (Fsp3) is 0.391. The first-order valence-electron chi connectivity index (χ1n) is 10.3. The number of nitrogens with one attached hydrogen (secondary N) is 1. The zero-order valence-electron chi connectivity index (χ0n) is 20.1. The number of rotatable bonds is 4. The summed E-state index contributed by atoms with van der Waals surface area (Å²) >= 11 is 0. The fourth-order valence-electron chi connectivity index (χ4n) is 3.29. The summed E-state index contributed by atoms with van der Waals surface area (Å²) < 4.78 is 33.6. The number of carbonyl (C=O) groups is 2.